The molecule has 2 aromatic rings. The number of rotatable bonds is 7. The molecule has 0 saturated carbocycles. The molecule has 19 heavy (non-hydrogen) atoms. The summed E-state index contributed by atoms with van der Waals surface area (Å²) in [6, 6.07) is 1.90. The van der Waals surface area contributed by atoms with Crippen molar-refractivity contribution in [2.45, 2.75) is 31.6 Å². The van der Waals surface area contributed by atoms with Gasteiger partial charge in [0, 0.05) is 37.4 Å². The Bertz CT molecular complexity index is 536. The summed E-state index contributed by atoms with van der Waals surface area (Å²) in [5.74, 6) is -0.788. The quantitative estimate of drug-likeness (QED) is 0.781. The first-order valence-electron chi connectivity index (χ1n) is 6.01. The number of carbonyl (C=O) groups is 1. The number of nitrogens with zero attached hydrogens (tertiary/aromatic N) is 4. The summed E-state index contributed by atoms with van der Waals surface area (Å²) in [7, 11) is 0. The van der Waals surface area contributed by atoms with Gasteiger partial charge in [-0.15, -0.1) is 0 Å². The highest BCUT2D eigenvalue weighted by Gasteiger charge is 2.09. The molecule has 0 saturated heterocycles. The Hall–Kier alpha value is -1.76. The van der Waals surface area contributed by atoms with Crippen molar-refractivity contribution in [3.63, 3.8) is 0 Å². The Morgan fingerprint density at radius 3 is 3.00 bits per heavy atom. The second-order valence-corrected chi connectivity index (χ2v) is 5.08. The summed E-state index contributed by atoms with van der Waals surface area (Å²) in [4.78, 5) is 14.8. The predicted molar refractivity (Wildman–Crippen MR) is 72.2 cm³/mol. The van der Waals surface area contributed by atoms with E-state index in [1.54, 1.807) is 12.4 Å². The summed E-state index contributed by atoms with van der Waals surface area (Å²) >= 11 is 1.25. The number of hydrogen-bond acceptors (Lipinski definition) is 4. The number of thioether (sulfide) groups is 1. The third kappa shape index (κ3) is 3.85. The molecule has 0 aliphatic rings. The van der Waals surface area contributed by atoms with E-state index in [9.17, 15) is 4.79 Å². The zero-order chi connectivity index (χ0) is 13.7. The Morgan fingerprint density at radius 1 is 1.47 bits per heavy atom. The Kier molecular flexibility index (Phi) is 4.62. The summed E-state index contributed by atoms with van der Waals surface area (Å²) in [6.07, 6.45) is 6.40. The second-order valence-electron chi connectivity index (χ2n) is 4.14. The predicted octanol–water partition coefficient (Wildman–Crippen LogP) is 1.66. The first-order chi connectivity index (χ1) is 9.16. The van der Waals surface area contributed by atoms with Crippen LogP contribution in [0.4, 0.5) is 0 Å². The van der Waals surface area contributed by atoms with Crippen LogP contribution in [-0.2, 0) is 17.9 Å². The van der Waals surface area contributed by atoms with Crippen molar-refractivity contribution in [3.8, 4) is 0 Å². The Labute approximate surface area is 115 Å². The van der Waals surface area contributed by atoms with Crippen molar-refractivity contribution < 1.29 is 9.90 Å². The molecule has 0 atom stereocenters. The standard InChI is InChI=1S/C12H16N4O2S/c1-10-8-13-12(19-9-11(17)18)16(10)7-3-6-15-5-2-4-14-15/h2,4-5,8H,3,6-7,9H2,1H3,(H,17,18). The summed E-state index contributed by atoms with van der Waals surface area (Å²) in [5, 5.41) is 13.6. The number of aliphatic carboxylic acids is 1. The van der Waals surface area contributed by atoms with Crippen LogP contribution < -0.4 is 0 Å². The third-order valence-corrected chi connectivity index (χ3v) is 3.65. The van der Waals surface area contributed by atoms with Gasteiger partial charge in [-0.3, -0.25) is 9.48 Å². The van der Waals surface area contributed by atoms with E-state index >= 15 is 0 Å². The number of carboxylic acid groups (broad SMARTS) is 1. The van der Waals surface area contributed by atoms with Crippen molar-refractivity contribution in [2.75, 3.05) is 5.75 Å². The maximum absolute atomic E-state index is 10.6. The Balaban J connectivity index is 1.91. The Morgan fingerprint density at radius 2 is 2.32 bits per heavy atom. The average molecular weight is 280 g/mol. The van der Waals surface area contributed by atoms with E-state index in [0.29, 0.717) is 0 Å². The topological polar surface area (TPSA) is 72.9 Å². The highest BCUT2D eigenvalue weighted by atomic mass is 32.2. The molecule has 2 heterocycles. The molecule has 0 radical (unpaired) electrons. The van der Waals surface area contributed by atoms with E-state index in [4.69, 9.17) is 5.11 Å². The van der Waals surface area contributed by atoms with Gasteiger partial charge in [0.2, 0.25) is 0 Å². The van der Waals surface area contributed by atoms with Gasteiger partial charge in [-0.05, 0) is 19.4 Å². The molecule has 1 N–H and O–H groups in total. The molecule has 0 spiro atoms. The molecular weight excluding hydrogens is 264 g/mol. The van der Waals surface area contributed by atoms with Crippen molar-refractivity contribution in [3.05, 3.63) is 30.4 Å². The molecular formula is C12H16N4O2S. The molecule has 0 bridgehead atoms. The average Bonchev–Trinajstić information content (AvgIpc) is 2.99. The van der Waals surface area contributed by atoms with Crippen molar-refractivity contribution in [2.24, 2.45) is 0 Å². The molecule has 0 unspecified atom stereocenters. The van der Waals surface area contributed by atoms with Crippen LogP contribution >= 0.6 is 11.8 Å². The van der Waals surface area contributed by atoms with Crippen LogP contribution in [0.2, 0.25) is 0 Å². The summed E-state index contributed by atoms with van der Waals surface area (Å²) < 4.78 is 3.94. The molecule has 0 amide bonds. The van der Waals surface area contributed by atoms with Gasteiger partial charge in [-0.1, -0.05) is 11.8 Å². The van der Waals surface area contributed by atoms with Crippen LogP contribution in [0.3, 0.4) is 0 Å². The van der Waals surface area contributed by atoms with Crippen LogP contribution in [0.1, 0.15) is 12.1 Å². The minimum absolute atomic E-state index is 0.0373. The molecule has 6 nitrogen and oxygen atoms in total. The molecule has 7 heteroatoms. The van der Waals surface area contributed by atoms with Gasteiger partial charge in [0.05, 0.1) is 5.75 Å². The minimum atomic E-state index is -0.825. The lowest BCUT2D eigenvalue weighted by Crippen LogP contribution is -2.08. The third-order valence-electron chi connectivity index (χ3n) is 2.67. The van der Waals surface area contributed by atoms with Crippen LogP contribution in [0.5, 0.6) is 0 Å². The highest BCUT2D eigenvalue weighted by molar-refractivity contribution is 7.99. The number of hydrogen-bond donors (Lipinski definition) is 1. The normalized spacial score (nSPS) is 10.8. The lowest BCUT2D eigenvalue weighted by molar-refractivity contribution is -0.133. The number of aromatic nitrogens is 4. The zero-order valence-electron chi connectivity index (χ0n) is 10.7. The summed E-state index contributed by atoms with van der Waals surface area (Å²) in [5.41, 5.74) is 1.05. The number of carboxylic acids is 1. The van der Waals surface area contributed by atoms with E-state index in [-0.39, 0.29) is 5.75 Å². The second kappa shape index (κ2) is 6.42. The maximum Gasteiger partial charge on any atom is 0.313 e. The van der Waals surface area contributed by atoms with Crippen molar-refractivity contribution >= 4 is 17.7 Å². The van der Waals surface area contributed by atoms with Gasteiger partial charge in [0.1, 0.15) is 0 Å². The van der Waals surface area contributed by atoms with Gasteiger partial charge in [0.15, 0.2) is 5.16 Å². The minimum Gasteiger partial charge on any atom is -0.481 e. The molecule has 2 rings (SSSR count). The molecule has 0 aliphatic heterocycles. The first kappa shape index (κ1) is 13.7. The van der Waals surface area contributed by atoms with Gasteiger partial charge in [-0.25, -0.2) is 4.98 Å². The van der Waals surface area contributed by atoms with E-state index in [1.165, 1.54) is 11.8 Å². The maximum atomic E-state index is 10.6. The van der Waals surface area contributed by atoms with Crippen LogP contribution in [0.15, 0.2) is 29.8 Å². The number of imidazole rings is 1. The van der Waals surface area contributed by atoms with Crippen molar-refractivity contribution in [1.82, 2.24) is 19.3 Å². The van der Waals surface area contributed by atoms with E-state index in [1.807, 2.05) is 23.9 Å². The lowest BCUT2D eigenvalue weighted by Gasteiger charge is -2.09. The van der Waals surface area contributed by atoms with Gasteiger partial charge in [-0.2, -0.15) is 5.10 Å². The van der Waals surface area contributed by atoms with E-state index < -0.39 is 5.97 Å². The summed E-state index contributed by atoms with van der Waals surface area (Å²) in [6.45, 7) is 3.63. The fraction of sp³-hybridized carbons (Fsp3) is 0.417. The SMILES string of the molecule is Cc1cnc(SCC(=O)O)n1CCCn1cccn1. The number of aryl methyl sites for hydroxylation is 2. The molecule has 0 aromatic carbocycles. The van der Waals surface area contributed by atoms with Gasteiger partial charge in [0.25, 0.3) is 0 Å². The van der Waals surface area contributed by atoms with E-state index in [2.05, 4.69) is 14.6 Å². The molecule has 0 aliphatic carbocycles. The van der Waals surface area contributed by atoms with Gasteiger partial charge >= 0.3 is 5.97 Å². The van der Waals surface area contributed by atoms with Crippen LogP contribution in [0.25, 0.3) is 0 Å². The smallest absolute Gasteiger partial charge is 0.313 e. The molecule has 102 valence electrons. The van der Waals surface area contributed by atoms with Crippen LogP contribution in [-0.4, -0.2) is 36.2 Å². The van der Waals surface area contributed by atoms with Gasteiger partial charge < -0.3 is 9.67 Å². The first-order valence-corrected chi connectivity index (χ1v) is 6.99. The fourth-order valence-corrected chi connectivity index (χ4v) is 2.55. The fourth-order valence-electron chi connectivity index (χ4n) is 1.78. The molecule has 2 aromatic heterocycles. The van der Waals surface area contributed by atoms with Crippen molar-refractivity contribution in [1.29, 1.82) is 0 Å². The molecule has 0 fully saturated rings. The lowest BCUT2D eigenvalue weighted by atomic mass is 10.4. The highest BCUT2D eigenvalue weighted by Crippen LogP contribution is 2.18. The van der Waals surface area contributed by atoms with E-state index in [0.717, 1.165) is 30.4 Å². The largest absolute Gasteiger partial charge is 0.481 e. The van der Waals surface area contributed by atoms with Crippen LogP contribution in [0, 0.1) is 6.92 Å². The zero-order valence-corrected chi connectivity index (χ0v) is 11.5. The monoisotopic (exact) mass is 280 g/mol.